The molecule has 0 radical (unpaired) electrons. The van der Waals surface area contributed by atoms with Crippen LogP contribution in [0.5, 0.6) is 0 Å². The van der Waals surface area contributed by atoms with Crippen molar-refractivity contribution in [2.24, 2.45) is 0 Å². The van der Waals surface area contributed by atoms with Crippen LogP contribution in [0.3, 0.4) is 0 Å². The predicted octanol–water partition coefficient (Wildman–Crippen LogP) is 2.56. The van der Waals surface area contributed by atoms with Gasteiger partial charge in [0.1, 0.15) is 0 Å². The summed E-state index contributed by atoms with van der Waals surface area (Å²) in [6, 6.07) is 4.15. The number of carbonyl (C=O) groups is 1. The zero-order valence-corrected chi connectivity index (χ0v) is 14.8. The molecule has 0 saturated carbocycles. The van der Waals surface area contributed by atoms with Gasteiger partial charge in [-0.15, -0.1) is 5.10 Å². The smallest absolute Gasteiger partial charge is 0.270 e. The minimum Gasteiger partial charge on any atom is -0.340 e. The van der Waals surface area contributed by atoms with E-state index in [2.05, 4.69) is 25.4 Å². The van der Waals surface area contributed by atoms with Crippen molar-refractivity contribution >= 4 is 46.1 Å². The van der Waals surface area contributed by atoms with Gasteiger partial charge in [0.15, 0.2) is 0 Å². The molecule has 0 spiro atoms. The van der Waals surface area contributed by atoms with Crippen LogP contribution in [0.2, 0.25) is 0 Å². The lowest BCUT2D eigenvalue weighted by Crippen LogP contribution is -2.30. The van der Waals surface area contributed by atoms with E-state index < -0.39 is 10.8 Å². The van der Waals surface area contributed by atoms with Crippen molar-refractivity contribution in [3.8, 4) is 0 Å². The lowest BCUT2D eigenvalue weighted by molar-refractivity contribution is -0.384. The largest absolute Gasteiger partial charge is 0.340 e. The standard InChI is InChI=1S/C14H15IN6O3/c15-11-5-4-9(21(23)24)8-10(11)12(22)16-13-17-14(19-18-13)20-6-2-1-3-7-20/h4-5,8H,1-3,6-7H2,(H2,16,17,18,19,22). The lowest BCUT2D eigenvalue weighted by Gasteiger charge is -2.24. The number of anilines is 2. The van der Waals surface area contributed by atoms with Crippen LogP contribution in [0.4, 0.5) is 17.6 Å². The van der Waals surface area contributed by atoms with Crippen molar-refractivity contribution in [3.05, 3.63) is 37.4 Å². The Bertz CT molecular complexity index is 772. The van der Waals surface area contributed by atoms with Gasteiger partial charge in [-0.2, -0.15) is 4.98 Å². The Hall–Kier alpha value is -2.24. The van der Waals surface area contributed by atoms with E-state index in [1.807, 2.05) is 22.6 Å². The maximum absolute atomic E-state index is 12.4. The van der Waals surface area contributed by atoms with Crippen LogP contribution in [0, 0.1) is 13.7 Å². The number of halogens is 1. The molecule has 24 heavy (non-hydrogen) atoms. The second-order valence-electron chi connectivity index (χ2n) is 5.41. The fraction of sp³-hybridized carbons (Fsp3) is 0.357. The molecule has 0 atom stereocenters. The first kappa shape index (κ1) is 16.6. The molecule has 1 fully saturated rings. The molecule has 3 rings (SSSR count). The quantitative estimate of drug-likeness (QED) is 0.427. The van der Waals surface area contributed by atoms with Crippen LogP contribution in [0.1, 0.15) is 29.6 Å². The lowest BCUT2D eigenvalue weighted by atomic mass is 10.1. The highest BCUT2D eigenvalue weighted by molar-refractivity contribution is 14.1. The molecule has 9 nitrogen and oxygen atoms in total. The van der Waals surface area contributed by atoms with E-state index in [1.54, 1.807) is 0 Å². The van der Waals surface area contributed by atoms with Crippen LogP contribution in [0.15, 0.2) is 18.2 Å². The molecule has 1 aromatic heterocycles. The molecule has 1 aliphatic heterocycles. The first-order chi connectivity index (χ1) is 11.5. The number of aromatic nitrogens is 3. The summed E-state index contributed by atoms with van der Waals surface area (Å²) in [6.07, 6.45) is 3.40. The monoisotopic (exact) mass is 442 g/mol. The van der Waals surface area contributed by atoms with Gasteiger partial charge in [-0.3, -0.25) is 20.2 Å². The third kappa shape index (κ3) is 3.63. The number of nitrogens with one attached hydrogen (secondary N) is 2. The highest BCUT2D eigenvalue weighted by atomic mass is 127. The van der Waals surface area contributed by atoms with Gasteiger partial charge in [0, 0.05) is 28.8 Å². The molecule has 1 aliphatic rings. The Morgan fingerprint density at radius 3 is 2.79 bits per heavy atom. The Morgan fingerprint density at radius 2 is 2.08 bits per heavy atom. The van der Waals surface area contributed by atoms with Gasteiger partial charge >= 0.3 is 0 Å². The minimum absolute atomic E-state index is 0.132. The molecule has 126 valence electrons. The van der Waals surface area contributed by atoms with Gasteiger partial charge in [-0.1, -0.05) is 0 Å². The maximum Gasteiger partial charge on any atom is 0.270 e. The number of H-pyrrole nitrogens is 1. The first-order valence-electron chi connectivity index (χ1n) is 7.47. The van der Waals surface area contributed by atoms with Gasteiger partial charge in [0.05, 0.1) is 10.5 Å². The summed E-state index contributed by atoms with van der Waals surface area (Å²) in [5.41, 5.74) is 0.0906. The van der Waals surface area contributed by atoms with Crippen LogP contribution >= 0.6 is 22.6 Å². The first-order valence-corrected chi connectivity index (χ1v) is 8.55. The van der Waals surface area contributed by atoms with Crippen LogP contribution in [-0.4, -0.2) is 39.1 Å². The van der Waals surface area contributed by atoms with Crippen molar-refractivity contribution in [1.82, 2.24) is 15.2 Å². The second kappa shape index (κ2) is 7.11. The van der Waals surface area contributed by atoms with E-state index in [1.165, 1.54) is 24.6 Å². The third-order valence-corrected chi connectivity index (χ3v) is 4.69. The van der Waals surface area contributed by atoms with E-state index in [9.17, 15) is 14.9 Å². The van der Waals surface area contributed by atoms with Crippen LogP contribution < -0.4 is 10.2 Å². The number of benzene rings is 1. The van der Waals surface area contributed by atoms with E-state index in [4.69, 9.17) is 0 Å². The molecule has 1 amide bonds. The number of nitro groups is 1. The van der Waals surface area contributed by atoms with E-state index in [-0.39, 0.29) is 17.2 Å². The highest BCUT2D eigenvalue weighted by Gasteiger charge is 2.19. The van der Waals surface area contributed by atoms with Crippen molar-refractivity contribution in [2.75, 3.05) is 23.3 Å². The molecular formula is C14H15IN6O3. The van der Waals surface area contributed by atoms with E-state index in [0.29, 0.717) is 9.52 Å². The number of piperidine rings is 1. The second-order valence-corrected chi connectivity index (χ2v) is 6.57. The predicted molar refractivity (Wildman–Crippen MR) is 96.2 cm³/mol. The summed E-state index contributed by atoms with van der Waals surface area (Å²) in [5, 5.41) is 20.3. The Morgan fingerprint density at radius 1 is 1.33 bits per heavy atom. The number of aromatic amines is 1. The third-order valence-electron chi connectivity index (χ3n) is 3.75. The SMILES string of the molecule is O=C(Nc1nc(N2CCCCC2)n[nH]1)c1cc([N+](=O)[O-])ccc1I. The van der Waals surface area contributed by atoms with Gasteiger partial charge in [-0.25, -0.2) is 5.10 Å². The summed E-state index contributed by atoms with van der Waals surface area (Å²) >= 11 is 1.96. The Labute approximate surface area is 151 Å². The molecule has 2 N–H and O–H groups in total. The molecule has 2 aromatic rings. The molecule has 10 heteroatoms. The van der Waals surface area contributed by atoms with Crippen molar-refractivity contribution in [3.63, 3.8) is 0 Å². The van der Waals surface area contributed by atoms with Gasteiger partial charge < -0.3 is 4.90 Å². The van der Waals surface area contributed by atoms with Crippen LogP contribution in [-0.2, 0) is 0 Å². The van der Waals surface area contributed by atoms with E-state index >= 15 is 0 Å². The molecule has 1 saturated heterocycles. The number of amides is 1. The number of nitro benzene ring substituents is 1. The van der Waals surface area contributed by atoms with Gasteiger partial charge in [0.2, 0.25) is 11.9 Å². The van der Waals surface area contributed by atoms with Crippen molar-refractivity contribution < 1.29 is 9.72 Å². The minimum atomic E-state index is -0.532. The summed E-state index contributed by atoms with van der Waals surface area (Å²) in [6.45, 7) is 1.79. The van der Waals surface area contributed by atoms with Crippen LogP contribution in [0.25, 0.3) is 0 Å². The Balaban J connectivity index is 1.74. The van der Waals surface area contributed by atoms with Gasteiger partial charge in [-0.05, 0) is 47.9 Å². The molecule has 0 bridgehead atoms. The average molecular weight is 442 g/mol. The number of rotatable bonds is 4. The van der Waals surface area contributed by atoms with Gasteiger partial charge in [0.25, 0.3) is 11.6 Å². The zero-order chi connectivity index (χ0) is 17.1. The fourth-order valence-electron chi connectivity index (χ4n) is 2.52. The molecule has 2 heterocycles. The normalized spacial score (nSPS) is 14.5. The van der Waals surface area contributed by atoms with E-state index in [0.717, 1.165) is 25.9 Å². The number of carbonyl (C=O) groups excluding carboxylic acids is 1. The Kier molecular flexibility index (Phi) is 4.92. The fourth-order valence-corrected chi connectivity index (χ4v) is 3.10. The summed E-state index contributed by atoms with van der Waals surface area (Å²) in [4.78, 5) is 29.0. The molecular weight excluding hydrogens is 427 g/mol. The zero-order valence-electron chi connectivity index (χ0n) is 12.7. The average Bonchev–Trinajstić information content (AvgIpc) is 3.04. The topological polar surface area (TPSA) is 117 Å². The van der Waals surface area contributed by atoms with Crippen molar-refractivity contribution in [2.45, 2.75) is 19.3 Å². The number of non-ortho nitro benzene ring substituents is 1. The molecule has 1 aromatic carbocycles. The summed E-state index contributed by atoms with van der Waals surface area (Å²) in [5.74, 6) is 0.311. The van der Waals surface area contributed by atoms with Crippen molar-refractivity contribution in [1.29, 1.82) is 0 Å². The number of hydrogen-bond donors (Lipinski definition) is 2. The molecule has 0 aliphatic carbocycles. The highest BCUT2D eigenvalue weighted by Crippen LogP contribution is 2.21. The molecule has 0 unspecified atom stereocenters. The summed E-state index contributed by atoms with van der Waals surface area (Å²) in [7, 11) is 0. The summed E-state index contributed by atoms with van der Waals surface area (Å²) < 4.78 is 0.617. The maximum atomic E-state index is 12.4. The number of nitrogens with zero attached hydrogens (tertiary/aromatic N) is 4. The number of hydrogen-bond acceptors (Lipinski definition) is 6.